The van der Waals surface area contributed by atoms with E-state index >= 15 is 0 Å². The summed E-state index contributed by atoms with van der Waals surface area (Å²) in [6.45, 7) is 0.610. The minimum Gasteiger partial charge on any atom is -0.304 e. The van der Waals surface area contributed by atoms with E-state index in [1.54, 1.807) is 33.7 Å². The summed E-state index contributed by atoms with van der Waals surface area (Å²) < 4.78 is 3.90. The van der Waals surface area contributed by atoms with E-state index < -0.39 is 0 Å². The Kier molecular flexibility index (Phi) is 4.33. The van der Waals surface area contributed by atoms with E-state index in [-0.39, 0.29) is 11.6 Å². The second-order valence-electron chi connectivity index (χ2n) is 6.54. The summed E-state index contributed by atoms with van der Waals surface area (Å²) in [5.74, 6) is 0.116. The van der Waals surface area contributed by atoms with E-state index in [1.807, 2.05) is 24.4 Å². The van der Waals surface area contributed by atoms with Gasteiger partial charge >= 0.3 is 0 Å². The van der Waals surface area contributed by atoms with Crippen LogP contribution in [0.3, 0.4) is 0 Å². The number of anilines is 1. The molecule has 0 fully saturated rings. The molecule has 0 aliphatic carbocycles. The van der Waals surface area contributed by atoms with Gasteiger partial charge in [-0.3, -0.25) is 9.48 Å². The van der Waals surface area contributed by atoms with Crippen LogP contribution in [-0.4, -0.2) is 30.3 Å². The molecule has 29 heavy (non-hydrogen) atoms. The van der Waals surface area contributed by atoms with E-state index in [4.69, 9.17) is 0 Å². The molecule has 5 aromatic rings. The van der Waals surface area contributed by atoms with Gasteiger partial charge in [-0.05, 0) is 38.3 Å². The van der Waals surface area contributed by atoms with Gasteiger partial charge in [-0.1, -0.05) is 42.5 Å². The molecule has 0 atom stereocenters. The lowest BCUT2D eigenvalue weighted by Crippen LogP contribution is -2.14. The van der Waals surface area contributed by atoms with Crippen LogP contribution in [0.4, 0.5) is 5.82 Å². The number of nitrogens with zero attached hydrogens (tertiary/aromatic N) is 5. The van der Waals surface area contributed by atoms with Gasteiger partial charge in [-0.25, -0.2) is 9.50 Å². The smallest absolute Gasteiger partial charge is 0.278 e. The first-order chi connectivity index (χ1) is 14.2. The Morgan fingerprint density at radius 2 is 1.86 bits per heavy atom. The molecule has 0 bridgehead atoms. The Labute approximate surface area is 174 Å². The average Bonchev–Trinajstić information content (AvgIpc) is 3.32. The maximum absolute atomic E-state index is 12.7. The molecule has 8 heteroatoms. The number of benzene rings is 2. The molecule has 3 aromatic heterocycles. The summed E-state index contributed by atoms with van der Waals surface area (Å²) in [5.41, 5.74) is 2.00. The van der Waals surface area contributed by atoms with Crippen LogP contribution in [-0.2, 0) is 6.54 Å². The van der Waals surface area contributed by atoms with Crippen molar-refractivity contribution >= 4 is 44.1 Å². The fraction of sp³-hybridized carbons (Fsp3) is 0.0476. The molecule has 142 valence electrons. The highest BCUT2D eigenvalue weighted by Gasteiger charge is 2.19. The van der Waals surface area contributed by atoms with E-state index in [0.29, 0.717) is 22.5 Å². The lowest BCUT2D eigenvalue weighted by Gasteiger charge is -2.06. The van der Waals surface area contributed by atoms with Gasteiger partial charge in [-0.15, -0.1) is 0 Å². The maximum Gasteiger partial charge on any atom is 0.278 e. The number of carbonyl (C=O) groups is 1. The van der Waals surface area contributed by atoms with Gasteiger partial charge in [0, 0.05) is 24.7 Å². The fourth-order valence-electron chi connectivity index (χ4n) is 3.30. The van der Waals surface area contributed by atoms with Crippen molar-refractivity contribution in [2.75, 3.05) is 5.32 Å². The number of rotatable bonds is 4. The van der Waals surface area contributed by atoms with Gasteiger partial charge < -0.3 is 5.32 Å². The third-order valence-electron chi connectivity index (χ3n) is 4.65. The Balaban J connectivity index is 1.37. The van der Waals surface area contributed by atoms with E-state index in [2.05, 4.69) is 60.7 Å². The van der Waals surface area contributed by atoms with Crippen molar-refractivity contribution in [2.45, 2.75) is 6.54 Å². The molecular weight excluding hydrogens is 432 g/mol. The highest BCUT2D eigenvalue weighted by Crippen LogP contribution is 2.22. The number of fused-ring (bicyclic) bond motifs is 2. The van der Waals surface area contributed by atoms with Crippen molar-refractivity contribution in [3.8, 4) is 0 Å². The van der Waals surface area contributed by atoms with Crippen LogP contribution >= 0.6 is 15.9 Å². The first kappa shape index (κ1) is 17.6. The van der Waals surface area contributed by atoms with Crippen molar-refractivity contribution in [3.63, 3.8) is 0 Å². The number of hydrogen-bond acceptors (Lipinski definition) is 4. The van der Waals surface area contributed by atoms with E-state index in [9.17, 15) is 4.79 Å². The summed E-state index contributed by atoms with van der Waals surface area (Å²) in [5, 5.41) is 13.9. The molecule has 0 saturated heterocycles. The lowest BCUT2D eigenvalue weighted by atomic mass is 10.0. The second kappa shape index (κ2) is 7.14. The standard InChI is InChI=1S/C21H15BrN6O/c22-18-19(26-28-11-4-10-23-20(18)28)21(29)24-17-9-12-27(25-17)13-15-7-3-6-14-5-1-2-8-16(14)15/h1-12H,13H2,(H,24,25,29). The molecule has 2 aromatic carbocycles. The van der Waals surface area contributed by atoms with Crippen LogP contribution in [0.25, 0.3) is 16.4 Å². The van der Waals surface area contributed by atoms with Gasteiger partial charge in [0.1, 0.15) is 0 Å². The molecule has 0 spiro atoms. The minimum absolute atomic E-state index is 0.257. The zero-order valence-corrected chi connectivity index (χ0v) is 16.7. The first-order valence-corrected chi connectivity index (χ1v) is 9.78. The highest BCUT2D eigenvalue weighted by molar-refractivity contribution is 9.10. The molecule has 1 amide bonds. The Hall–Kier alpha value is -3.52. The van der Waals surface area contributed by atoms with E-state index in [1.165, 1.54) is 16.3 Å². The lowest BCUT2D eigenvalue weighted by molar-refractivity contribution is 0.102. The predicted octanol–water partition coefficient (Wildman–Crippen LogP) is 4.14. The number of carbonyl (C=O) groups excluding carboxylic acids is 1. The minimum atomic E-state index is -0.349. The number of aromatic nitrogens is 5. The van der Waals surface area contributed by atoms with Crippen LogP contribution in [0.2, 0.25) is 0 Å². The van der Waals surface area contributed by atoms with Crippen LogP contribution in [0.5, 0.6) is 0 Å². The fourth-order valence-corrected chi connectivity index (χ4v) is 3.84. The monoisotopic (exact) mass is 446 g/mol. The second-order valence-corrected chi connectivity index (χ2v) is 7.33. The molecule has 3 heterocycles. The molecule has 5 rings (SSSR count). The van der Waals surface area contributed by atoms with Crippen LogP contribution in [0, 0.1) is 0 Å². The summed E-state index contributed by atoms with van der Waals surface area (Å²) >= 11 is 3.41. The highest BCUT2D eigenvalue weighted by atomic mass is 79.9. The number of halogens is 1. The van der Waals surface area contributed by atoms with Gasteiger partial charge in [-0.2, -0.15) is 10.2 Å². The number of nitrogens with one attached hydrogen (secondary N) is 1. The van der Waals surface area contributed by atoms with Crippen molar-refractivity contribution in [1.29, 1.82) is 0 Å². The summed E-state index contributed by atoms with van der Waals surface area (Å²) in [6, 6.07) is 18.0. The summed E-state index contributed by atoms with van der Waals surface area (Å²) in [4.78, 5) is 16.9. The Bertz CT molecular complexity index is 1350. The molecule has 0 unspecified atom stereocenters. The topological polar surface area (TPSA) is 77.1 Å². The van der Waals surface area contributed by atoms with Gasteiger partial charge in [0.05, 0.1) is 11.0 Å². The molecule has 1 N–H and O–H groups in total. The first-order valence-electron chi connectivity index (χ1n) is 8.99. The van der Waals surface area contributed by atoms with Gasteiger partial charge in [0.25, 0.3) is 5.91 Å². The molecule has 0 saturated carbocycles. The predicted molar refractivity (Wildman–Crippen MR) is 114 cm³/mol. The third-order valence-corrected chi connectivity index (χ3v) is 5.38. The zero-order valence-electron chi connectivity index (χ0n) is 15.2. The summed E-state index contributed by atoms with van der Waals surface area (Å²) in [7, 11) is 0. The Morgan fingerprint density at radius 3 is 2.76 bits per heavy atom. The Morgan fingerprint density at radius 1 is 1.00 bits per heavy atom. The van der Waals surface area contributed by atoms with Gasteiger partial charge in [0.15, 0.2) is 17.2 Å². The van der Waals surface area contributed by atoms with Crippen LogP contribution in [0.15, 0.2) is 77.7 Å². The largest absolute Gasteiger partial charge is 0.304 e. The summed E-state index contributed by atoms with van der Waals surface area (Å²) in [6.07, 6.45) is 5.23. The van der Waals surface area contributed by atoms with Crippen molar-refractivity contribution in [1.82, 2.24) is 24.4 Å². The maximum atomic E-state index is 12.7. The van der Waals surface area contributed by atoms with Gasteiger partial charge in [0.2, 0.25) is 0 Å². The molecular formula is C21H15BrN6O. The van der Waals surface area contributed by atoms with Crippen molar-refractivity contribution in [3.05, 3.63) is 88.9 Å². The normalized spacial score (nSPS) is 11.2. The molecule has 0 aliphatic heterocycles. The molecule has 7 nitrogen and oxygen atoms in total. The third kappa shape index (κ3) is 3.27. The quantitative estimate of drug-likeness (QED) is 0.449. The number of hydrogen-bond donors (Lipinski definition) is 1. The van der Waals surface area contributed by atoms with Crippen LogP contribution in [0.1, 0.15) is 16.1 Å². The molecule has 0 aliphatic rings. The number of amides is 1. The average molecular weight is 447 g/mol. The molecule has 0 radical (unpaired) electrons. The SMILES string of the molecule is O=C(Nc1ccn(Cc2cccc3ccccc23)n1)c1nn2cccnc2c1Br. The van der Waals surface area contributed by atoms with Crippen molar-refractivity contribution in [2.24, 2.45) is 0 Å². The zero-order chi connectivity index (χ0) is 19.8. The van der Waals surface area contributed by atoms with Crippen LogP contribution < -0.4 is 5.32 Å². The van der Waals surface area contributed by atoms with Crippen molar-refractivity contribution < 1.29 is 4.79 Å². The van der Waals surface area contributed by atoms with E-state index in [0.717, 1.165) is 0 Å².